The summed E-state index contributed by atoms with van der Waals surface area (Å²) < 4.78 is 37.2. The third-order valence-corrected chi connectivity index (χ3v) is 3.35. The van der Waals surface area contributed by atoms with Crippen molar-refractivity contribution in [3.63, 3.8) is 0 Å². The molecule has 0 bridgehead atoms. The van der Waals surface area contributed by atoms with Crippen molar-refractivity contribution >= 4 is 15.9 Å². The molecule has 1 N–H and O–H groups in total. The van der Waals surface area contributed by atoms with Crippen LogP contribution in [0.5, 0.6) is 0 Å². The van der Waals surface area contributed by atoms with Crippen LogP contribution in [0.4, 0.5) is 13.2 Å². The maximum Gasteiger partial charge on any atom is 0.389 e. The molecule has 102 valence electrons. The van der Waals surface area contributed by atoms with Crippen molar-refractivity contribution in [2.45, 2.75) is 37.9 Å². The molecule has 1 aromatic carbocycles. The Morgan fingerprint density at radius 2 is 1.83 bits per heavy atom. The van der Waals surface area contributed by atoms with E-state index in [0.717, 1.165) is 16.5 Å². The molecule has 1 rings (SSSR count). The van der Waals surface area contributed by atoms with Crippen LogP contribution in [-0.2, 0) is 6.42 Å². The number of nitrogens with one attached hydrogen (secondary N) is 1. The Morgan fingerprint density at radius 3 is 2.33 bits per heavy atom. The summed E-state index contributed by atoms with van der Waals surface area (Å²) in [5, 5.41) is 3.07. The molecular formula is C13H17BrF3N. The fourth-order valence-corrected chi connectivity index (χ4v) is 2.07. The first kappa shape index (κ1) is 15.5. The number of rotatable bonds is 6. The van der Waals surface area contributed by atoms with Gasteiger partial charge in [-0.2, -0.15) is 13.2 Å². The van der Waals surface area contributed by atoms with Crippen LogP contribution >= 0.6 is 15.9 Å². The van der Waals surface area contributed by atoms with Crippen LogP contribution in [0.15, 0.2) is 28.7 Å². The summed E-state index contributed by atoms with van der Waals surface area (Å²) in [6, 6.07) is 7.94. The number of benzene rings is 1. The van der Waals surface area contributed by atoms with E-state index in [1.807, 2.05) is 24.3 Å². The van der Waals surface area contributed by atoms with E-state index in [1.165, 1.54) is 0 Å². The molecule has 0 aromatic heterocycles. The van der Waals surface area contributed by atoms with E-state index < -0.39 is 12.6 Å². The zero-order valence-corrected chi connectivity index (χ0v) is 11.8. The minimum Gasteiger partial charge on any atom is -0.317 e. The van der Waals surface area contributed by atoms with Crippen LogP contribution in [0.25, 0.3) is 0 Å². The Morgan fingerprint density at radius 1 is 1.22 bits per heavy atom. The molecule has 0 radical (unpaired) electrons. The zero-order valence-electron chi connectivity index (χ0n) is 10.2. The average Bonchev–Trinajstić information content (AvgIpc) is 2.29. The van der Waals surface area contributed by atoms with Crippen molar-refractivity contribution in [2.24, 2.45) is 0 Å². The van der Waals surface area contributed by atoms with E-state index in [4.69, 9.17) is 0 Å². The quantitative estimate of drug-likeness (QED) is 0.822. The maximum absolute atomic E-state index is 12.1. The number of halogens is 4. The lowest BCUT2D eigenvalue weighted by Crippen LogP contribution is -2.28. The van der Waals surface area contributed by atoms with Gasteiger partial charge in [0.1, 0.15) is 0 Å². The molecule has 0 fully saturated rings. The fourth-order valence-electron chi connectivity index (χ4n) is 1.80. The summed E-state index contributed by atoms with van der Waals surface area (Å²) in [6.07, 6.45) is -3.29. The minimum absolute atomic E-state index is 0.0912. The maximum atomic E-state index is 12.1. The smallest absolute Gasteiger partial charge is 0.317 e. The van der Waals surface area contributed by atoms with E-state index in [0.29, 0.717) is 6.42 Å². The monoisotopic (exact) mass is 323 g/mol. The standard InChI is InChI=1S/C13H17BrF3N/c1-18-12(3-2-8-13(15,16)17)9-10-4-6-11(14)7-5-10/h4-7,12,18H,2-3,8-9H2,1H3. The van der Waals surface area contributed by atoms with Gasteiger partial charge in [-0.3, -0.25) is 0 Å². The molecule has 0 spiro atoms. The van der Waals surface area contributed by atoms with Gasteiger partial charge in [0.25, 0.3) is 0 Å². The van der Waals surface area contributed by atoms with Gasteiger partial charge in [-0.1, -0.05) is 28.1 Å². The van der Waals surface area contributed by atoms with E-state index in [2.05, 4.69) is 21.2 Å². The molecule has 1 atom stereocenters. The van der Waals surface area contributed by atoms with Crippen LogP contribution in [0.3, 0.4) is 0 Å². The fraction of sp³-hybridized carbons (Fsp3) is 0.538. The van der Waals surface area contributed by atoms with Crippen molar-refractivity contribution in [3.8, 4) is 0 Å². The molecule has 18 heavy (non-hydrogen) atoms. The van der Waals surface area contributed by atoms with Crippen molar-refractivity contribution in [3.05, 3.63) is 34.3 Å². The van der Waals surface area contributed by atoms with Gasteiger partial charge in [0.05, 0.1) is 0 Å². The van der Waals surface area contributed by atoms with Gasteiger partial charge in [0.2, 0.25) is 0 Å². The first-order chi connectivity index (χ1) is 8.40. The van der Waals surface area contributed by atoms with Crippen molar-refractivity contribution < 1.29 is 13.2 Å². The largest absolute Gasteiger partial charge is 0.389 e. The summed E-state index contributed by atoms with van der Waals surface area (Å²) in [7, 11) is 1.79. The summed E-state index contributed by atoms with van der Waals surface area (Å²) in [5.41, 5.74) is 1.13. The Hall–Kier alpha value is -0.550. The Balaban J connectivity index is 2.40. The molecular weight excluding hydrogens is 307 g/mol. The molecule has 0 aliphatic carbocycles. The molecule has 1 aromatic rings. The third-order valence-electron chi connectivity index (χ3n) is 2.82. The number of hydrogen-bond donors (Lipinski definition) is 1. The number of likely N-dealkylation sites (N-methyl/N-ethyl adjacent to an activating group) is 1. The van der Waals surface area contributed by atoms with Crippen LogP contribution < -0.4 is 5.32 Å². The lowest BCUT2D eigenvalue weighted by atomic mass is 10.0. The first-order valence-corrected chi connectivity index (χ1v) is 6.68. The van der Waals surface area contributed by atoms with E-state index in [1.54, 1.807) is 7.05 Å². The summed E-state index contributed by atoms with van der Waals surface area (Å²) in [4.78, 5) is 0. The number of hydrogen-bond acceptors (Lipinski definition) is 1. The average molecular weight is 324 g/mol. The number of alkyl halides is 3. The van der Waals surface area contributed by atoms with Gasteiger partial charge in [-0.25, -0.2) is 0 Å². The van der Waals surface area contributed by atoms with Gasteiger partial charge in [0, 0.05) is 16.9 Å². The molecule has 0 aliphatic rings. The SMILES string of the molecule is CNC(CCCC(F)(F)F)Cc1ccc(Br)cc1. The highest BCUT2D eigenvalue weighted by Crippen LogP contribution is 2.23. The molecule has 0 saturated heterocycles. The van der Waals surface area contributed by atoms with Gasteiger partial charge in [-0.15, -0.1) is 0 Å². The lowest BCUT2D eigenvalue weighted by Gasteiger charge is -2.16. The van der Waals surface area contributed by atoms with Gasteiger partial charge >= 0.3 is 6.18 Å². The van der Waals surface area contributed by atoms with Crippen molar-refractivity contribution in [2.75, 3.05) is 7.05 Å². The van der Waals surface area contributed by atoms with Crippen LogP contribution in [0, 0.1) is 0 Å². The second kappa shape index (κ2) is 7.14. The molecule has 0 aliphatic heterocycles. The predicted molar refractivity (Wildman–Crippen MR) is 70.6 cm³/mol. The molecule has 0 heterocycles. The second-order valence-electron chi connectivity index (χ2n) is 4.32. The summed E-state index contributed by atoms with van der Waals surface area (Å²) in [6.45, 7) is 0. The van der Waals surface area contributed by atoms with Crippen LogP contribution in [-0.4, -0.2) is 19.3 Å². The Bertz CT molecular complexity index is 348. The molecule has 1 nitrogen and oxygen atoms in total. The first-order valence-electron chi connectivity index (χ1n) is 5.89. The van der Waals surface area contributed by atoms with Gasteiger partial charge in [-0.05, 0) is 44.0 Å². The summed E-state index contributed by atoms with van der Waals surface area (Å²) in [5.74, 6) is 0. The van der Waals surface area contributed by atoms with Gasteiger partial charge in [0.15, 0.2) is 0 Å². The van der Waals surface area contributed by atoms with Crippen LogP contribution in [0.2, 0.25) is 0 Å². The summed E-state index contributed by atoms with van der Waals surface area (Å²) >= 11 is 3.35. The Labute approximate surface area is 114 Å². The van der Waals surface area contributed by atoms with E-state index in [-0.39, 0.29) is 12.5 Å². The van der Waals surface area contributed by atoms with E-state index >= 15 is 0 Å². The second-order valence-corrected chi connectivity index (χ2v) is 5.24. The van der Waals surface area contributed by atoms with Crippen molar-refractivity contribution in [1.82, 2.24) is 5.32 Å². The normalized spacial score (nSPS) is 13.6. The Kier molecular flexibility index (Phi) is 6.15. The van der Waals surface area contributed by atoms with Crippen molar-refractivity contribution in [1.29, 1.82) is 0 Å². The zero-order chi connectivity index (χ0) is 13.6. The molecule has 5 heteroatoms. The lowest BCUT2D eigenvalue weighted by molar-refractivity contribution is -0.135. The minimum atomic E-state index is -4.05. The van der Waals surface area contributed by atoms with Gasteiger partial charge < -0.3 is 5.32 Å². The topological polar surface area (TPSA) is 12.0 Å². The highest BCUT2D eigenvalue weighted by molar-refractivity contribution is 9.10. The highest BCUT2D eigenvalue weighted by Gasteiger charge is 2.26. The molecule has 0 amide bonds. The molecule has 0 saturated carbocycles. The molecule has 1 unspecified atom stereocenters. The highest BCUT2D eigenvalue weighted by atomic mass is 79.9. The van der Waals surface area contributed by atoms with E-state index in [9.17, 15) is 13.2 Å². The predicted octanol–water partition coefficient (Wildman–Crippen LogP) is 4.31. The third kappa shape index (κ3) is 6.40. The van der Waals surface area contributed by atoms with Crippen LogP contribution in [0.1, 0.15) is 24.8 Å².